The van der Waals surface area contributed by atoms with Gasteiger partial charge in [-0.3, -0.25) is 0 Å². The lowest BCUT2D eigenvalue weighted by Gasteiger charge is -2.29. The molecule has 0 spiro atoms. The van der Waals surface area contributed by atoms with Crippen molar-refractivity contribution < 1.29 is 9.29 Å². The van der Waals surface area contributed by atoms with Gasteiger partial charge in [0.15, 0.2) is 0 Å². The van der Waals surface area contributed by atoms with Crippen LogP contribution in [0.25, 0.3) is 0 Å². The number of hydrogen-bond acceptors (Lipinski definition) is 4. The molecule has 1 rings (SSSR count). The van der Waals surface area contributed by atoms with Crippen molar-refractivity contribution in [3.8, 4) is 5.88 Å². The van der Waals surface area contributed by atoms with E-state index in [1.807, 2.05) is 32.9 Å². The molecule has 1 N–H and O–H groups in total. The van der Waals surface area contributed by atoms with Gasteiger partial charge in [0.1, 0.15) is 4.75 Å². The Labute approximate surface area is 158 Å². The molecule has 6 heteroatoms. The van der Waals surface area contributed by atoms with Crippen LogP contribution in [0.1, 0.15) is 60.1 Å². The van der Waals surface area contributed by atoms with Gasteiger partial charge in [-0.2, -0.15) is 0 Å². The highest BCUT2D eigenvalue weighted by atomic mass is 79.9. The van der Waals surface area contributed by atoms with Crippen LogP contribution in [-0.4, -0.2) is 27.4 Å². The zero-order chi connectivity index (χ0) is 18.5. The molecule has 0 fully saturated rings. The molecule has 0 saturated carbocycles. The molecule has 0 amide bonds. The monoisotopic (exact) mass is 418 g/mol. The second kappa shape index (κ2) is 8.88. The Bertz CT molecular complexity index is 527. The Kier molecular flexibility index (Phi) is 8.04. The topological polar surface area (TPSA) is 57.2 Å². The van der Waals surface area contributed by atoms with Gasteiger partial charge >= 0.3 is 0 Å². The highest BCUT2D eigenvalue weighted by Crippen LogP contribution is 2.26. The number of aromatic nitrogens is 1. The summed E-state index contributed by atoms with van der Waals surface area (Å²) in [6.45, 7) is 12.6. The summed E-state index contributed by atoms with van der Waals surface area (Å²) in [6, 6.07) is 3.88. The van der Waals surface area contributed by atoms with E-state index in [2.05, 4.69) is 46.4 Å². The summed E-state index contributed by atoms with van der Waals surface area (Å²) in [4.78, 5) is 4.54. The van der Waals surface area contributed by atoms with Crippen LogP contribution in [0.3, 0.4) is 0 Å². The van der Waals surface area contributed by atoms with Crippen LogP contribution < -0.4 is 9.46 Å². The second-order valence-corrected chi connectivity index (χ2v) is 11.1. The molecule has 0 aliphatic rings. The number of halogens is 1. The Hall–Kier alpha value is -0.300. The molecule has 138 valence electrons. The molecule has 0 aliphatic carbocycles. The van der Waals surface area contributed by atoms with Crippen molar-refractivity contribution in [2.45, 2.75) is 71.6 Å². The van der Waals surface area contributed by atoms with Crippen LogP contribution >= 0.6 is 15.9 Å². The smallest absolute Gasteiger partial charge is 0.213 e. The fourth-order valence-electron chi connectivity index (χ4n) is 2.09. The maximum absolute atomic E-state index is 12.5. The zero-order valence-electron chi connectivity index (χ0n) is 15.9. The summed E-state index contributed by atoms with van der Waals surface area (Å²) in [7, 11) is 1.62. The predicted molar refractivity (Wildman–Crippen MR) is 106 cm³/mol. The average Bonchev–Trinajstić information content (AvgIpc) is 2.45. The van der Waals surface area contributed by atoms with Gasteiger partial charge in [0.2, 0.25) is 5.88 Å². The van der Waals surface area contributed by atoms with Crippen molar-refractivity contribution in [2.24, 2.45) is 5.41 Å². The number of rotatable bonds is 7. The Balaban J connectivity index is 2.92. The summed E-state index contributed by atoms with van der Waals surface area (Å²) < 4.78 is 21.7. The molecule has 1 heterocycles. The molecule has 0 bridgehead atoms. The maximum Gasteiger partial charge on any atom is 0.213 e. The Morgan fingerprint density at radius 3 is 2.38 bits per heavy atom. The van der Waals surface area contributed by atoms with E-state index < -0.39 is 11.4 Å². The fraction of sp³-hybridized carbons (Fsp3) is 0.722. The lowest BCUT2D eigenvalue weighted by molar-refractivity contribution is 0.338. The third-order valence-corrected chi connectivity index (χ3v) is 6.00. The predicted octanol–water partition coefficient (Wildman–Crippen LogP) is 4.64. The van der Waals surface area contributed by atoms with Crippen LogP contribution in [0.4, 0.5) is 0 Å². The summed E-state index contributed by atoms with van der Waals surface area (Å²) in [6.07, 6.45) is 2.69. The number of hydrogen-bond donors (Lipinski definition) is 1. The van der Waals surface area contributed by atoms with Gasteiger partial charge in [0, 0.05) is 28.3 Å². The summed E-state index contributed by atoms with van der Waals surface area (Å²) in [5.74, 6) is 0.597. The maximum atomic E-state index is 12.5. The van der Waals surface area contributed by atoms with E-state index in [1.54, 1.807) is 7.11 Å². The van der Waals surface area contributed by atoms with Crippen molar-refractivity contribution in [1.29, 1.82) is 0 Å². The first-order chi connectivity index (χ1) is 10.9. The van der Waals surface area contributed by atoms with Crippen LogP contribution in [0, 0.1) is 5.41 Å². The third kappa shape index (κ3) is 7.72. The summed E-state index contributed by atoms with van der Waals surface area (Å²) >= 11 is 2.46. The molecular weight excluding hydrogens is 388 g/mol. The minimum Gasteiger partial charge on any atom is -0.598 e. The van der Waals surface area contributed by atoms with E-state index >= 15 is 0 Å². The average molecular weight is 419 g/mol. The van der Waals surface area contributed by atoms with Crippen molar-refractivity contribution in [3.63, 3.8) is 0 Å². The lowest BCUT2D eigenvalue weighted by atomic mass is 9.88. The molecule has 4 nitrogen and oxygen atoms in total. The normalized spacial score (nSPS) is 15.2. The molecule has 0 aromatic carbocycles. The van der Waals surface area contributed by atoms with Gasteiger partial charge < -0.3 is 9.29 Å². The van der Waals surface area contributed by atoms with Gasteiger partial charge in [-0.05, 0) is 61.0 Å². The summed E-state index contributed by atoms with van der Waals surface area (Å²) in [5.41, 5.74) is 1.16. The van der Waals surface area contributed by atoms with E-state index in [0.29, 0.717) is 12.3 Å². The van der Waals surface area contributed by atoms with Crippen molar-refractivity contribution >= 4 is 27.3 Å². The van der Waals surface area contributed by atoms with E-state index in [1.165, 1.54) is 0 Å². The molecule has 2 unspecified atom stereocenters. The van der Waals surface area contributed by atoms with Gasteiger partial charge in [-0.1, -0.05) is 20.8 Å². The lowest BCUT2D eigenvalue weighted by Crippen LogP contribution is -2.45. The van der Waals surface area contributed by atoms with Crippen LogP contribution in [0.2, 0.25) is 0 Å². The van der Waals surface area contributed by atoms with Gasteiger partial charge in [0.05, 0.1) is 18.8 Å². The van der Waals surface area contributed by atoms with E-state index in [-0.39, 0.29) is 16.2 Å². The molecule has 1 aromatic rings. The first kappa shape index (κ1) is 21.7. The van der Waals surface area contributed by atoms with Crippen molar-refractivity contribution in [1.82, 2.24) is 9.71 Å². The molecule has 2 atom stereocenters. The van der Waals surface area contributed by atoms with Gasteiger partial charge in [-0.25, -0.2) is 4.98 Å². The minimum atomic E-state index is -1.11. The largest absolute Gasteiger partial charge is 0.598 e. The van der Waals surface area contributed by atoms with Crippen molar-refractivity contribution in [2.75, 3.05) is 7.11 Å². The Morgan fingerprint density at radius 2 is 1.88 bits per heavy atom. The number of methoxy groups -OCH3 is 1. The van der Waals surface area contributed by atoms with E-state index in [9.17, 15) is 4.55 Å². The summed E-state index contributed by atoms with van der Waals surface area (Å²) in [5, 5.41) is 0. The van der Waals surface area contributed by atoms with E-state index in [0.717, 1.165) is 23.0 Å². The SMILES string of the molecule is COc1ccc(Br)c(CC(CCC(C)(C)C)N[S+]([O-])C(C)(C)C)n1. The number of nitrogens with zero attached hydrogens (tertiary/aromatic N) is 1. The van der Waals surface area contributed by atoms with Crippen LogP contribution in [-0.2, 0) is 17.8 Å². The van der Waals surface area contributed by atoms with Crippen LogP contribution in [0.15, 0.2) is 16.6 Å². The number of pyridine rings is 1. The third-order valence-electron chi connectivity index (χ3n) is 3.61. The second-order valence-electron chi connectivity index (χ2n) is 8.28. The first-order valence-corrected chi connectivity index (χ1v) is 10.2. The van der Waals surface area contributed by atoms with Gasteiger partial charge in [-0.15, -0.1) is 4.72 Å². The first-order valence-electron chi connectivity index (χ1n) is 8.30. The molecule has 0 aliphatic heterocycles. The molecule has 24 heavy (non-hydrogen) atoms. The molecule has 0 radical (unpaired) electrons. The molecule has 1 aromatic heterocycles. The van der Waals surface area contributed by atoms with Gasteiger partial charge in [0.25, 0.3) is 0 Å². The standard InChI is InChI=1S/C18H31BrN2O2S/c1-17(2,3)11-10-13(21-24(22)18(4,5)6)12-15-14(19)8-9-16(20-15)23-7/h8-9,13,21H,10-12H2,1-7H3. The van der Waals surface area contributed by atoms with Crippen LogP contribution in [0.5, 0.6) is 5.88 Å². The number of ether oxygens (including phenoxy) is 1. The highest BCUT2D eigenvalue weighted by molar-refractivity contribution is 9.10. The fourth-order valence-corrected chi connectivity index (χ4v) is 3.33. The molecule has 0 saturated heterocycles. The van der Waals surface area contributed by atoms with E-state index in [4.69, 9.17) is 4.74 Å². The molecular formula is C18H31BrN2O2S. The minimum absolute atomic E-state index is 0.0974. The zero-order valence-corrected chi connectivity index (χ0v) is 18.3. The quantitative estimate of drug-likeness (QED) is 0.654. The Morgan fingerprint density at radius 1 is 1.25 bits per heavy atom. The number of nitrogens with one attached hydrogen (secondary N) is 1. The highest BCUT2D eigenvalue weighted by Gasteiger charge is 2.30. The van der Waals surface area contributed by atoms with Crippen molar-refractivity contribution in [3.05, 3.63) is 22.3 Å².